The smallest absolute Gasteiger partial charge is 0.407 e. The largest absolute Gasteiger partial charge is 0.507 e. The first kappa shape index (κ1) is 24.0. The van der Waals surface area contributed by atoms with E-state index in [1.165, 1.54) is 18.4 Å². The van der Waals surface area contributed by atoms with Gasteiger partial charge in [0.15, 0.2) is 0 Å². The Labute approximate surface area is 198 Å². The number of carbonyl (C=O) groups excluding carboxylic acids is 1. The summed E-state index contributed by atoms with van der Waals surface area (Å²) in [6.07, 6.45) is 15.5. The molecule has 0 radical (unpaired) electrons. The maximum atomic E-state index is 12.7. The van der Waals surface area contributed by atoms with Crippen molar-refractivity contribution in [1.29, 1.82) is 0 Å². The normalized spacial score (nSPS) is 22.1. The van der Waals surface area contributed by atoms with Crippen LogP contribution in [0.5, 0.6) is 11.5 Å². The van der Waals surface area contributed by atoms with E-state index in [-0.39, 0.29) is 35.7 Å². The number of phenolic OH excluding ortho intramolecular Hbond substituents is 2. The van der Waals surface area contributed by atoms with Crippen molar-refractivity contribution < 1.29 is 19.7 Å². The number of carbonyl (C=O) groups is 1. The Kier molecular flexibility index (Phi) is 7.55. The highest BCUT2D eigenvalue weighted by atomic mass is 16.6. The fourth-order valence-electron chi connectivity index (χ4n) is 6.01. The van der Waals surface area contributed by atoms with Gasteiger partial charge in [-0.3, -0.25) is 0 Å². The van der Waals surface area contributed by atoms with E-state index in [0.717, 1.165) is 81.8 Å². The number of phenols is 2. The van der Waals surface area contributed by atoms with Crippen molar-refractivity contribution in [3.05, 3.63) is 34.4 Å². The van der Waals surface area contributed by atoms with Crippen LogP contribution in [-0.2, 0) is 17.7 Å². The maximum Gasteiger partial charge on any atom is 0.407 e. The van der Waals surface area contributed by atoms with Gasteiger partial charge in [-0.1, -0.05) is 44.3 Å². The summed E-state index contributed by atoms with van der Waals surface area (Å²) in [7, 11) is 0. The minimum Gasteiger partial charge on any atom is -0.507 e. The Morgan fingerprint density at radius 1 is 1.15 bits per heavy atom. The lowest BCUT2D eigenvalue weighted by molar-refractivity contribution is 0.0441. The van der Waals surface area contributed by atoms with Crippen LogP contribution in [0.4, 0.5) is 4.79 Å². The molecule has 1 aromatic rings. The van der Waals surface area contributed by atoms with Crippen LogP contribution in [0.2, 0.25) is 0 Å². The zero-order valence-electron chi connectivity index (χ0n) is 20.4. The second kappa shape index (κ2) is 10.4. The van der Waals surface area contributed by atoms with Crippen molar-refractivity contribution in [2.24, 2.45) is 5.92 Å². The summed E-state index contributed by atoms with van der Waals surface area (Å²) in [6.45, 7) is 4.48. The van der Waals surface area contributed by atoms with Crippen LogP contribution < -0.4 is 5.32 Å². The molecule has 1 aromatic carbocycles. The highest BCUT2D eigenvalue weighted by Crippen LogP contribution is 2.52. The number of benzene rings is 1. The van der Waals surface area contributed by atoms with Gasteiger partial charge in [-0.2, -0.15) is 0 Å². The van der Waals surface area contributed by atoms with Crippen LogP contribution >= 0.6 is 0 Å². The van der Waals surface area contributed by atoms with Gasteiger partial charge >= 0.3 is 6.09 Å². The Bertz CT molecular complexity index is 880. The topological polar surface area (TPSA) is 78.8 Å². The predicted molar refractivity (Wildman–Crippen MR) is 131 cm³/mol. The molecule has 1 unspecified atom stereocenters. The third-order valence-electron chi connectivity index (χ3n) is 8.06. The molecular formula is C28H41NO4. The summed E-state index contributed by atoms with van der Waals surface area (Å²) in [5, 5.41) is 25.1. The van der Waals surface area contributed by atoms with Gasteiger partial charge in [-0.15, -0.1) is 0 Å². The molecule has 0 bridgehead atoms. The van der Waals surface area contributed by atoms with Crippen molar-refractivity contribution in [3.8, 4) is 11.5 Å². The number of ether oxygens (including phenoxy) is 1. The average Bonchev–Trinajstić information content (AvgIpc) is 3.32. The van der Waals surface area contributed by atoms with E-state index in [1.807, 2.05) is 6.07 Å². The summed E-state index contributed by atoms with van der Waals surface area (Å²) < 4.78 is 5.93. The van der Waals surface area contributed by atoms with Crippen LogP contribution in [0.3, 0.4) is 0 Å². The van der Waals surface area contributed by atoms with Crippen molar-refractivity contribution in [2.45, 2.75) is 115 Å². The summed E-state index contributed by atoms with van der Waals surface area (Å²) >= 11 is 0. The Morgan fingerprint density at radius 3 is 2.58 bits per heavy atom. The molecule has 33 heavy (non-hydrogen) atoms. The lowest BCUT2D eigenvalue weighted by Gasteiger charge is -2.25. The number of hydrogen-bond acceptors (Lipinski definition) is 4. The van der Waals surface area contributed by atoms with E-state index in [2.05, 4.69) is 25.2 Å². The molecule has 0 spiro atoms. The third kappa shape index (κ3) is 5.50. The molecule has 1 atom stereocenters. The maximum absolute atomic E-state index is 12.7. The number of alkyl carbamates (subject to hydrolysis) is 1. The lowest BCUT2D eigenvalue weighted by atomic mass is 9.83. The number of hydrogen-bond donors (Lipinski definition) is 3. The molecule has 3 aliphatic rings. The molecule has 0 aliphatic heterocycles. The van der Waals surface area contributed by atoms with Crippen LogP contribution in [0, 0.1) is 5.92 Å². The summed E-state index contributed by atoms with van der Waals surface area (Å²) in [4.78, 5) is 12.7. The van der Waals surface area contributed by atoms with Crippen LogP contribution in [0.1, 0.15) is 114 Å². The van der Waals surface area contributed by atoms with Crippen molar-refractivity contribution in [3.63, 3.8) is 0 Å². The average molecular weight is 456 g/mol. The van der Waals surface area contributed by atoms with E-state index in [1.54, 1.807) is 0 Å². The van der Waals surface area contributed by atoms with Crippen molar-refractivity contribution in [2.75, 3.05) is 0 Å². The summed E-state index contributed by atoms with van der Waals surface area (Å²) in [6, 6.07) is 1.81. The molecule has 2 saturated carbocycles. The first-order valence-electron chi connectivity index (χ1n) is 13.1. The molecule has 5 nitrogen and oxygen atoms in total. The van der Waals surface area contributed by atoms with Gasteiger partial charge in [-0.25, -0.2) is 4.79 Å². The second-order valence-corrected chi connectivity index (χ2v) is 10.6. The number of aromatic hydroxyl groups is 2. The quantitative estimate of drug-likeness (QED) is 0.277. The van der Waals surface area contributed by atoms with Crippen molar-refractivity contribution in [1.82, 2.24) is 5.32 Å². The second-order valence-electron chi connectivity index (χ2n) is 10.6. The molecule has 5 heteroatoms. The minimum absolute atomic E-state index is 0.00578. The highest BCUT2D eigenvalue weighted by molar-refractivity contribution is 5.69. The molecule has 2 fully saturated rings. The molecular weight excluding hydrogens is 414 g/mol. The Morgan fingerprint density at radius 2 is 1.91 bits per heavy atom. The van der Waals surface area contributed by atoms with Gasteiger partial charge in [0.2, 0.25) is 0 Å². The Hall–Kier alpha value is -2.17. The van der Waals surface area contributed by atoms with E-state index in [9.17, 15) is 15.0 Å². The number of amides is 1. The highest BCUT2D eigenvalue weighted by Gasteiger charge is 2.53. The van der Waals surface area contributed by atoms with Gasteiger partial charge in [0.1, 0.15) is 17.1 Å². The molecule has 1 amide bonds. The zero-order chi connectivity index (χ0) is 23.4. The molecule has 4 rings (SSSR count). The van der Waals surface area contributed by atoms with E-state index in [0.29, 0.717) is 11.5 Å². The number of aryl methyl sites for hydroxylation is 1. The van der Waals surface area contributed by atoms with Gasteiger partial charge in [0.05, 0.1) is 6.54 Å². The first-order valence-corrected chi connectivity index (χ1v) is 13.1. The molecule has 0 saturated heterocycles. The summed E-state index contributed by atoms with van der Waals surface area (Å²) in [5.74, 6) is 0.809. The first-order chi connectivity index (χ1) is 15.9. The van der Waals surface area contributed by atoms with Crippen LogP contribution in [0.15, 0.2) is 17.7 Å². The van der Waals surface area contributed by atoms with Gasteiger partial charge in [-0.05, 0) is 82.3 Å². The van der Waals surface area contributed by atoms with E-state index in [4.69, 9.17) is 4.74 Å². The number of rotatable bonds is 9. The molecule has 182 valence electrons. The molecule has 0 aromatic heterocycles. The molecule has 3 aliphatic carbocycles. The van der Waals surface area contributed by atoms with Gasteiger partial charge in [0, 0.05) is 17.0 Å². The SMILES string of the molecule is CCCCCc1cc(O)c(C2C=C(C)CCC2)c(O)c1CNC(=O)OC1(C2CCCC2)CC1. The van der Waals surface area contributed by atoms with Gasteiger partial charge < -0.3 is 20.3 Å². The molecule has 3 N–H and O–H groups in total. The lowest BCUT2D eigenvalue weighted by Crippen LogP contribution is -2.33. The third-order valence-corrected chi connectivity index (χ3v) is 8.06. The number of unbranched alkanes of at least 4 members (excludes halogenated alkanes) is 2. The zero-order valence-corrected chi connectivity index (χ0v) is 20.4. The fraction of sp³-hybridized carbons (Fsp3) is 0.679. The standard InChI is InChI=1S/C28H41NO4/c1-3-4-5-10-20-17-24(30)25(21-11-8-9-19(2)16-21)26(31)23(20)18-29-27(32)33-28(14-15-28)22-12-6-7-13-22/h16-17,21-22,30-31H,3-15,18H2,1-2H3,(H,29,32). The number of nitrogens with one attached hydrogen (secondary N) is 1. The van der Waals surface area contributed by atoms with Gasteiger partial charge in [0.25, 0.3) is 0 Å². The fourth-order valence-corrected chi connectivity index (χ4v) is 6.01. The number of allylic oxidation sites excluding steroid dienone is 2. The predicted octanol–water partition coefficient (Wildman–Crippen LogP) is 6.99. The van der Waals surface area contributed by atoms with E-state index >= 15 is 0 Å². The van der Waals surface area contributed by atoms with E-state index < -0.39 is 0 Å². The Balaban J connectivity index is 1.52. The summed E-state index contributed by atoms with van der Waals surface area (Å²) in [5.41, 5.74) is 3.27. The van der Waals surface area contributed by atoms with Crippen molar-refractivity contribution >= 4 is 6.09 Å². The monoisotopic (exact) mass is 455 g/mol. The molecule has 0 heterocycles. The van der Waals surface area contributed by atoms with Crippen LogP contribution in [0.25, 0.3) is 0 Å². The minimum atomic E-state index is -0.388. The van der Waals surface area contributed by atoms with Crippen LogP contribution in [-0.4, -0.2) is 21.9 Å².